The Hall–Kier alpha value is -1.05. The molecular formula is C14H25N3O. The van der Waals surface area contributed by atoms with Gasteiger partial charge in [0.05, 0.1) is 12.6 Å². The molecule has 0 bridgehead atoms. The van der Waals surface area contributed by atoms with Crippen LogP contribution >= 0.6 is 0 Å². The molecule has 0 heterocycles. The highest BCUT2D eigenvalue weighted by Crippen LogP contribution is 2.28. The number of rotatable bonds is 5. The van der Waals surface area contributed by atoms with E-state index >= 15 is 0 Å². The SMILES string of the molecule is C#CCNC(=O)C(C)N(C)C1CCCCC1CN. The third kappa shape index (κ3) is 3.72. The summed E-state index contributed by atoms with van der Waals surface area (Å²) < 4.78 is 0. The van der Waals surface area contributed by atoms with Gasteiger partial charge in [-0.15, -0.1) is 6.42 Å². The van der Waals surface area contributed by atoms with Crippen molar-refractivity contribution >= 4 is 5.91 Å². The highest BCUT2D eigenvalue weighted by Gasteiger charge is 2.31. The Morgan fingerprint density at radius 3 is 2.83 bits per heavy atom. The molecule has 102 valence electrons. The van der Waals surface area contributed by atoms with Crippen molar-refractivity contribution in [3.05, 3.63) is 0 Å². The van der Waals surface area contributed by atoms with Crippen molar-refractivity contribution in [2.24, 2.45) is 11.7 Å². The van der Waals surface area contributed by atoms with Crippen LogP contribution in [0.4, 0.5) is 0 Å². The molecule has 0 aromatic heterocycles. The zero-order chi connectivity index (χ0) is 13.5. The number of carbonyl (C=O) groups excluding carboxylic acids is 1. The maximum Gasteiger partial charge on any atom is 0.237 e. The Kier molecular flexibility index (Phi) is 6.17. The lowest BCUT2D eigenvalue weighted by atomic mass is 9.83. The van der Waals surface area contributed by atoms with Crippen LogP contribution in [0.15, 0.2) is 0 Å². The Morgan fingerprint density at radius 1 is 1.56 bits per heavy atom. The van der Waals surface area contributed by atoms with Gasteiger partial charge in [-0.3, -0.25) is 9.69 Å². The second-order valence-electron chi connectivity index (χ2n) is 5.11. The molecule has 18 heavy (non-hydrogen) atoms. The Morgan fingerprint density at radius 2 is 2.22 bits per heavy atom. The fourth-order valence-electron chi connectivity index (χ4n) is 2.76. The molecule has 0 aromatic carbocycles. The van der Waals surface area contributed by atoms with Crippen molar-refractivity contribution in [1.29, 1.82) is 0 Å². The van der Waals surface area contributed by atoms with Crippen molar-refractivity contribution < 1.29 is 4.79 Å². The van der Waals surface area contributed by atoms with Gasteiger partial charge >= 0.3 is 0 Å². The van der Waals surface area contributed by atoms with Gasteiger partial charge in [-0.1, -0.05) is 18.8 Å². The Labute approximate surface area is 110 Å². The maximum atomic E-state index is 11.9. The van der Waals surface area contributed by atoms with E-state index in [1.165, 1.54) is 19.3 Å². The maximum absolute atomic E-state index is 11.9. The second kappa shape index (κ2) is 7.40. The minimum Gasteiger partial charge on any atom is -0.344 e. The number of amides is 1. The van der Waals surface area contributed by atoms with Crippen LogP contribution in [0.1, 0.15) is 32.6 Å². The summed E-state index contributed by atoms with van der Waals surface area (Å²) in [5, 5.41) is 2.74. The van der Waals surface area contributed by atoms with Gasteiger partial charge in [0, 0.05) is 6.04 Å². The molecule has 3 atom stereocenters. The first-order valence-corrected chi connectivity index (χ1v) is 6.75. The lowest BCUT2D eigenvalue weighted by Gasteiger charge is -2.40. The minimum absolute atomic E-state index is 0.00297. The van der Waals surface area contributed by atoms with Gasteiger partial charge < -0.3 is 11.1 Å². The van der Waals surface area contributed by atoms with E-state index in [1.54, 1.807) is 0 Å². The van der Waals surface area contributed by atoms with Crippen molar-refractivity contribution in [3.63, 3.8) is 0 Å². The largest absolute Gasteiger partial charge is 0.344 e. The summed E-state index contributed by atoms with van der Waals surface area (Å²) in [7, 11) is 2.01. The van der Waals surface area contributed by atoms with Gasteiger partial charge in [0.15, 0.2) is 0 Å². The number of hydrogen-bond donors (Lipinski definition) is 2. The van der Waals surface area contributed by atoms with Gasteiger partial charge in [-0.05, 0) is 39.3 Å². The average Bonchev–Trinajstić information content (AvgIpc) is 2.42. The van der Waals surface area contributed by atoms with E-state index in [4.69, 9.17) is 12.2 Å². The monoisotopic (exact) mass is 251 g/mol. The summed E-state index contributed by atoms with van der Waals surface area (Å²) >= 11 is 0. The van der Waals surface area contributed by atoms with E-state index in [1.807, 2.05) is 14.0 Å². The predicted octanol–water partition coefficient (Wildman–Crippen LogP) is 0.574. The molecule has 1 saturated carbocycles. The molecule has 1 fully saturated rings. The Balaban J connectivity index is 2.58. The molecule has 4 heteroatoms. The first-order valence-electron chi connectivity index (χ1n) is 6.75. The summed E-state index contributed by atoms with van der Waals surface area (Å²) in [6, 6.07) is 0.255. The lowest BCUT2D eigenvalue weighted by Crippen LogP contribution is -2.52. The zero-order valence-corrected chi connectivity index (χ0v) is 11.5. The first-order chi connectivity index (χ1) is 8.61. The minimum atomic E-state index is -0.157. The molecule has 0 aliphatic heterocycles. The van der Waals surface area contributed by atoms with Crippen LogP contribution in [0.25, 0.3) is 0 Å². The van der Waals surface area contributed by atoms with Crippen LogP contribution in [-0.2, 0) is 4.79 Å². The first kappa shape index (κ1) is 15.0. The number of terminal acetylenes is 1. The van der Waals surface area contributed by atoms with Gasteiger partial charge in [0.1, 0.15) is 0 Å². The number of nitrogens with two attached hydrogens (primary N) is 1. The van der Waals surface area contributed by atoms with Crippen LogP contribution in [-0.4, -0.2) is 43.0 Å². The van der Waals surface area contributed by atoms with E-state index in [0.29, 0.717) is 25.0 Å². The molecule has 0 spiro atoms. The highest BCUT2D eigenvalue weighted by molar-refractivity contribution is 5.81. The van der Waals surface area contributed by atoms with Crippen molar-refractivity contribution in [2.45, 2.75) is 44.7 Å². The van der Waals surface area contributed by atoms with Crippen molar-refractivity contribution in [2.75, 3.05) is 20.1 Å². The normalized spacial score (nSPS) is 25.5. The standard InChI is InChI=1S/C14H25N3O/c1-4-9-16-14(18)11(2)17(3)13-8-6-5-7-12(13)10-15/h1,11-13H,5-10,15H2,2-3H3,(H,16,18). The second-order valence-corrected chi connectivity index (χ2v) is 5.11. The zero-order valence-electron chi connectivity index (χ0n) is 11.5. The summed E-state index contributed by atoms with van der Waals surface area (Å²) in [5.74, 6) is 2.92. The van der Waals surface area contributed by atoms with E-state index < -0.39 is 0 Å². The van der Waals surface area contributed by atoms with Crippen LogP contribution in [0.5, 0.6) is 0 Å². The van der Waals surface area contributed by atoms with E-state index in [-0.39, 0.29) is 11.9 Å². The third-order valence-corrected chi connectivity index (χ3v) is 4.05. The highest BCUT2D eigenvalue weighted by atomic mass is 16.2. The summed E-state index contributed by atoms with van der Waals surface area (Å²) in [5.41, 5.74) is 5.83. The molecule has 0 radical (unpaired) electrons. The predicted molar refractivity (Wildman–Crippen MR) is 73.9 cm³/mol. The number of hydrogen-bond acceptors (Lipinski definition) is 3. The molecule has 1 rings (SSSR count). The Bertz CT molecular complexity index is 311. The number of likely N-dealkylation sites (N-methyl/N-ethyl adjacent to an activating group) is 1. The summed E-state index contributed by atoms with van der Waals surface area (Å²) in [6.45, 7) is 2.92. The van der Waals surface area contributed by atoms with E-state index in [2.05, 4.69) is 16.1 Å². The molecular weight excluding hydrogens is 226 g/mol. The van der Waals surface area contributed by atoms with E-state index in [9.17, 15) is 4.79 Å². The lowest BCUT2D eigenvalue weighted by molar-refractivity contribution is -0.126. The van der Waals surface area contributed by atoms with Gasteiger partial charge in [0.25, 0.3) is 0 Å². The van der Waals surface area contributed by atoms with Crippen molar-refractivity contribution in [1.82, 2.24) is 10.2 Å². The molecule has 1 aliphatic rings. The van der Waals surface area contributed by atoms with E-state index in [0.717, 1.165) is 6.42 Å². The summed E-state index contributed by atoms with van der Waals surface area (Å²) in [6.07, 6.45) is 9.93. The molecule has 3 unspecified atom stereocenters. The molecule has 3 N–H and O–H groups in total. The topological polar surface area (TPSA) is 58.4 Å². The molecule has 1 aliphatic carbocycles. The molecule has 1 amide bonds. The molecule has 4 nitrogen and oxygen atoms in total. The quantitative estimate of drug-likeness (QED) is 0.703. The number of nitrogens with one attached hydrogen (secondary N) is 1. The van der Waals surface area contributed by atoms with Gasteiger partial charge in [-0.25, -0.2) is 0 Å². The number of carbonyl (C=O) groups is 1. The number of nitrogens with zero attached hydrogens (tertiary/aromatic N) is 1. The molecule has 0 aromatic rings. The van der Waals surface area contributed by atoms with Gasteiger partial charge in [0.2, 0.25) is 5.91 Å². The van der Waals surface area contributed by atoms with Crippen LogP contribution < -0.4 is 11.1 Å². The summed E-state index contributed by atoms with van der Waals surface area (Å²) in [4.78, 5) is 14.1. The molecule has 0 saturated heterocycles. The fourth-order valence-corrected chi connectivity index (χ4v) is 2.76. The average molecular weight is 251 g/mol. The van der Waals surface area contributed by atoms with Crippen LogP contribution in [0.3, 0.4) is 0 Å². The third-order valence-electron chi connectivity index (χ3n) is 4.05. The van der Waals surface area contributed by atoms with Gasteiger partial charge in [-0.2, -0.15) is 0 Å². The van der Waals surface area contributed by atoms with Crippen LogP contribution in [0, 0.1) is 18.3 Å². The smallest absolute Gasteiger partial charge is 0.237 e. The fraction of sp³-hybridized carbons (Fsp3) is 0.786. The van der Waals surface area contributed by atoms with Crippen LogP contribution in [0.2, 0.25) is 0 Å². The van der Waals surface area contributed by atoms with Crippen molar-refractivity contribution in [3.8, 4) is 12.3 Å².